The van der Waals surface area contributed by atoms with Crippen LogP contribution in [-0.4, -0.2) is 7.85 Å². The van der Waals surface area contributed by atoms with Crippen LogP contribution >= 0.6 is 0 Å². The van der Waals surface area contributed by atoms with E-state index >= 15 is 0 Å². The first-order valence-electron chi connectivity index (χ1n) is 3.23. The number of nitrogens with two attached hydrogens (primary N) is 3. The first-order valence-corrected chi connectivity index (χ1v) is 3.23. The summed E-state index contributed by atoms with van der Waals surface area (Å²) in [5, 5.41) is 0. The van der Waals surface area contributed by atoms with E-state index < -0.39 is 0 Å². The molecule has 0 atom stereocenters. The third-order valence-corrected chi connectivity index (χ3v) is 1.74. The summed E-state index contributed by atoms with van der Waals surface area (Å²) in [5.74, 6) is 0. The molecule has 2 radical (unpaired) electrons. The van der Waals surface area contributed by atoms with Gasteiger partial charge in [0.15, 0.2) is 0 Å². The van der Waals surface area contributed by atoms with Crippen molar-refractivity contribution in [2.45, 2.75) is 6.92 Å². The van der Waals surface area contributed by atoms with Crippen LogP contribution in [0.1, 0.15) is 5.56 Å². The molecule has 0 aliphatic heterocycles. The molecule has 0 saturated carbocycles. The van der Waals surface area contributed by atoms with Crippen LogP contribution in [0.15, 0.2) is 6.07 Å². The van der Waals surface area contributed by atoms with Gasteiger partial charge in [-0.15, -0.1) is 0 Å². The van der Waals surface area contributed by atoms with Crippen LogP contribution in [-0.2, 0) is 0 Å². The lowest BCUT2D eigenvalue weighted by Gasteiger charge is -2.10. The average Bonchev–Trinajstić information content (AvgIpc) is 1.97. The van der Waals surface area contributed by atoms with Crippen molar-refractivity contribution >= 4 is 30.4 Å². The van der Waals surface area contributed by atoms with Crippen LogP contribution in [0.5, 0.6) is 0 Å². The Kier molecular flexibility index (Phi) is 1.68. The molecule has 1 rings (SSSR count). The molecule has 0 fully saturated rings. The Balaban J connectivity index is 3.46. The molecule has 6 N–H and O–H groups in total. The quantitative estimate of drug-likeness (QED) is 0.343. The highest BCUT2D eigenvalue weighted by Crippen LogP contribution is 2.21. The molecule has 0 heterocycles. The Bertz CT molecular complexity index is 270. The van der Waals surface area contributed by atoms with Gasteiger partial charge in [-0.2, -0.15) is 0 Å². The highest BCUT2D eigenvalue weighted by Gasteiger charge is 2.04. The van der Waals surface area contributed by atoms with Gasteiger partial charge in [0.2, 0.25) is 0 Å². The molecule has 4 heteroatoms. The predicted molar refractivity (Wildman–Crippen MR) is 49.8 cm³/mol. The monoisotopic (exact) mass is 147 g/mol. The van der Waals surface area contributed by atoms with Gasteiger partial charge in [0.25, 0.3) is 0 Å². The SMILES string of the molecule is [B]c1cc(N)c(N)c(C)c1N. The molecule has 0 unspecified atom stereocenters. The lowest BCUT2D eigenvalue weighted by Crippen LogP contribution is -2.14. The minimum absolute atomic E-state index is 0.481. The molecule has 0 aromatic heterocycles. The van der Waals surface area contributed by atoms with E-state index in [2.05, 4.69) is 0 Å². The van der Waals surface area contributed by atoms with E-state index in [9.17, 15) is 0 Å². The minimum atomic E-state index is 0.481. The van der Waals surface area contributed by atoms with Crippen LogP contribution < -0.4 is 22.7 Å². The number of hydrogen-bond donors (Lipinski definition) is 3. The Morgan fingerprint density at radius 2 is 1.73 bits per heavy atom. The standard InChI is InChI=1S/C7H10BN3/c1-3-6(10)4(8)2-5(9)7(3)11/h2H,9-11H2,1H3. The van der Waals surface area contributed by atoms with Crippen molar-refractivity contribution in [1.29, 1.82) is 0 Å². The van der Waals surface area contributed by atoms with E-state index in [-0.39, 0.29) is 0 Å². The number of anilines is 3. The van der Waals surface area contributed by atoms with Gasteiger partial charge in [0.1, 0.15) is 7.85 Å². The van der Waals surface area contributed by atoms with Gasteiger partial charge in [-0.1, -0.05) is 5.46 Å². The highest BCUT2D eigenvalue weighted by molar-refractivity contribution is 6.36. The summed E-state index contributed by atoms with van der Waals surface area (Å²) < 4.78 is 0. The molecule has 56 valence electrons. The molecule has 1 aromatic carbocycles. The van der Waals surface area contributed by atoms with Crippen molar-refractivity contribution in [3.05, 3.63) is 11.6 Å². The summed E-state index contributed by atoms with van der Waals surface area (Å²) in [6.07, 6.45) is 0. The Morgan fingerprint density at radius 3 is 2.27 bits per heavy atom. The van der Waals surface area contributed by atoms with Crippen molar-refractivity contribution < 1.29 is 0 Å². The van der Waals surface area contributed by atoms with Crippen LogP contribution in [0, 0.1) is 6.92 Å². The van der Waals surface area contributed by atoms with Gasteiger partial charge in [0.05, 0.1) is 11.4 Å². The summed E-state index contributed by atoms with van der Waals surface area (Å²) >= 11 is 0. The first kappa shape index (κ1) is 7.79. The van der Waals surface area contributed by atoms with E-state index in [0.29, 0.717) is 22.5 Å². The van der Waals surface area contributed by atoms with Crippen molar-refractivity contribution in [3.8, 4) is 0 Å². The highest BCUT2D eigenvalue weighted by atomic mass is 14.7. The molecule has 0 amide bonds. The normalized spacial score (nSPS) is 9.91. The third kappa shape index (κ3) is 1.11. The van der Waals surface area contributed by atoms with Crippen molar-refractivity contribution in [2.75, 3.05) is 17.2 Å². The van der Waals surface area contributed by atoms with Crippen LogP contribution in [0.25, 0.3) is 0 Å². The lowest BCUT2D eigenvalue weighted by molar-refractivity contribution is 1.49. The van der Waals surface area contributed by atoms with Crippen molar-refractivity contribution in [3.63, 3.8) is 0 Å². The van der Waals surface area contributed by atoms with Gasteiger partial charge >= 0.3 is 0 Å². The summed E-state index contributed by atoms with van der Waals surface area (Å²) in [6, 6.07) is 1.57. The molecular formula is C7H10BN3. The zero-order valence-corrected chi connectivity index (χ0v) is 6.39. The number of rotatable bonds is 0. The fraction of sp³-hybridized carbons (Fsp3) is 0.143. The maximum absolute atomic E-state index is 5.59. The number of benzene rings is 1. The summed E-state index contributed by atoms with van der Waals surface area (Å²) in [4.78, 5) is 0. The molecule has 0 aliphatic carbocycles. The summed E-state index contributed by atoms with van der Waals surface area (Å²) in [7, 11) is 5.53. The molecule has 0 aliphatic rings. The maximum Gasteiger partial charge on any atom is 0.116 e. The van der Waals surface area contributed by atoms with E-state index in [1.807, 2.05) is 0 Å². The van der Waals surface area contributed by atoms with Gasteiger partial charge in [-0.25, -0.2) is 0 Å². The van der Waals surface area contributed by atoms with Crippen molar-refractivity contribution in [1.82, 2.24) is 0 Å². The Morgan fingerprint density at radius 1 is 1.18 bits per heavy atom. The van der Waals surface area contributed by atoms with Crippen LogP contribution in [0.3, 0.4) is 0 Å². The van der Waals surface area contributed by atoms with Gasteiger partial charge in [-0.05, 0) is 18.6 Å². The second-order valence-corrected chi connectivity index (χ2v) is 2.51. The molecule has 3 nitrogen and oxygen atoms in total. The van der Waals surface area contributed by atoms with Crippen LogP contribution in [0.4, 0.5) is 17.1 Å². The van der Waals surface area contributed by atoms with E-state index in [4.69, 9.17) is 25.0 Å². The Labute approximate surface area is 67.0 Å². The van der Waals surface area contributed by atoms with E-state index in [1.165, 1.54) is 0 Å². The molecule has 0 spiro atoms. The third-order valence-electron chi connectivity index (χ3n) is 1.74. The molecule has 11 heavy (non-hydrogen) atoms. The Hall–Kier alpha value is -1.32. The molecule has 0 bridgehead atoms. The van der Waals surface area contributed by atoms with Crippen molar-refractivity contribution in [2.24, 2.45) is 0 Å². The molecule has 1 aromatic rings. The fourth-order valence-corrected chi connectivity index (χ4v) is 0.901. The number of nitrogen functional groups attached to an aromatic ring is 3. The minimum Gasteiger partial charge on any atom is -0.399 e. The second kappa shape index (κ2) is 2.38. The number of hydrogen-bond acceptors (Lipinski definition) is 3. The fourth-order valence-electron chi connectivity index (χ4n) is 0.901. The molecule has 0 saturated heterocycles. The van der Waals surface area contributed by atoms with Gasteiger partial charge in [0, 0.05) is 5.69 Å². The smallest absolute Gasteiger partial charge is 0.116 e. The average molecular weight is 147 g/mol. The maximum atomic E-state index is 5.59. The zero-order chi connectivity index (χ0) is 8.59. The zero-order valence-electron chi connectivity index (χ0n) is 6.39. The van der Waals surface area contributed by atoms with Crippen LogP contribution in [0.2, 0.25) is 0 Å². The molecular weight excluding hydrogens is 137 g/mol. The summed E-state index contributed by atoms with van der Waals surface area (Å²) in [6.45, 7) is 1.79. The van der Waals surface area contributed by atoms with E-state index in [0.717, 1.165) is 5.56 Å². The predicted octanol–water partition coefficient (Wildman–Crippen LogP) is -0.465. The lowest BCUT2D eigenvalue weighted by atomic mass is 9.90. The first-order chi connectivity index (χ1) is 5.04. The largest absolute Gasteiger partial charge is 0.399 e. The second-order valence-electron chi connectivity index (χ2n) is 2.51. The summed E-state index contributed by atoms with van der Waals surface area (Å²) in [5.41, 5.74) is 19.4. The van der Waals surface area contributed by atoms with Gasteiger partial charge < -0.3 is 17.2 Å². The van der Waals surface area contributed by atoms with E-state index in [1.54, 1.807) is 13.0 Å². The topological polar surface area (TPSA) is 78.1 Å². The van der Waals surface area contributed by atoms with Gasteiger partial charge in [-0.3, -0.25) is 0 Å².